The number of nitrogens with zero attached hydrogens (tertiary/aromatic N) is 1. The summed E-state index contributed by atoms with van der Waals surface area (Å²) >= 11 is 7.51. The van der Waals surface area contributed by atoms with Gasteiger partial charge in [0.15, 0.2) is 0 Å². The highest BCUT2D eigenvalue weighted by Crippen LogP contribution is 2.30. The number of phenolic OH excluding ortho intramolecular Hbond substituents is 1. The van der Waals surface area contributed by atoms with Crippen molar-refractivity contribution in [1.82, 2.24) is 0 Å². The summed E-state index contributed by atoms with van der Waals surface area (Å²) in [5.41, 5.74) is 0.803. The van der Waals surface area contributed by atoms with Crippen LogP contribution in [0.1, 0.15) is 5.56 Å². The Morgan fingerprint density at radius 1 is 1.26 bits per heavy atom. The summed E-state index contributed by atoms with van der Waals surface area (Å²) in [6.45, 7) is 0. The van der Waals surface area contributed by atoms with Crippen molar-refractivity contribution in [3.63, 3.8) is 0 Å². The zero-order valence-corrected chi connectivity index (χ0v) is 11.3. The predicted molar refractivity (Wildman–Crippen MR) is 75.8 cm³/mol. The van der Waals surface area contributed by atoms with Crippen LogP contribution in [0.4, 0.5) is 5.69 Å². The molecule has 2 aromatic carbocycles. The first kappa shape index (κ1) is 13.7. The smallest absolute Gasteiger partial charge is 0.270 e. The summed E-state index contributed by atoms with van der Waals surface area (Å²) in [7, 11) is 0. The van der Waals surface area contributed by atoms with Crippen LogP contribution >= 0.6 is 23.4 Å². The second kappa shape index (κ2) is 5.95. The van der Waals surface area contributed by atoms with E-state index in [0.29, 0.717) is 10.8 Å². The van der Waals surface area contributed by atoms with Gasteiger partial charge in [-0.2, -0.15) is 0 Å². The first-order valence-electron chi connectivity index (χ1n) is 5.41. The molecule has 0 aliphatic heterocycles. The summed E-state index contributed by atoms with van der Waals surface area (Å²) in [6, 6.07) is 11.3. The first-order valence-corrected chi connectivity index (χ1v) is 6.77. The second-order valence-corrected chi connectivity index (χ2v) is 5.27. The van der Waals surface area contributed by atoms with Gasteiger partial charge in [-0.3, -0.25) is 10.1 Å². The number of hydrogen-bond donors (Lipinski definition) is 1. The molecule has 0 atom stereocenters. The van der Waals surface area contributed by atoms with Crippen LogP contribution in [0.25, 0.3) is 0 Å². The highest BCUT2D eigenvalue weighted by Gasteiger charge is 2.09. The van der Waals surface area contributed by atoms with Gasteiger partial charge in [0.25, 0.3) is 5.69 Å². The number of nitro groups is 1. The number of halogens is 1. The average molecular weight is 296 g/mol. The van der Waals surface area contributed by atoms with Crippen LogP contribution in [0.3, 0.4) is 0 Å². The molecule has 19 heavy (non-hydrogen) atoms. The van der Waals surface area contributed by atoms with Crippen molar-refractivity contribution in [3.05, 3.63) is 63.2 Å². The highest BCUT2D eigenvalue weighted by molar-refractivity contribution is 7.98. The molecule has 0 aliphatic rings. The van der Waals surface area contributed by atoms with Crippen LogP contribution in [-0.4, -0.2) is 10.0 Å². The number of rotatable bonds is 4. The number of benzene rings is 2. The molecule has 1 N–H and O–H groups in total. The van der Waals surface area contributed by atoms with Crippen LogP contribution < -0.4 is 0 Å². The maximum absolute atomic E-state index is 10.6. The number of aromatic hydroxyl groups is 1. The molecule has 0 spiro atoms. The van der Waals surface area contributed by atoms with E-state index in [1.807, 2.05) is 6.07 Å². The molecule has 98 valence electrons. The van der Waals surface area contributed by atoms with Gasteiger partial charge in [0.1, 0.15) is 5.75 Å². The monoisotopic (exact) mass is 295 g/mol. The third-order valence-electron chi connectivity index (χ3n) is 2.46. The van der Waals surface area contributed by atoms with E-state index >= 15 is 0 Å². The fraction of sp³-hybridized carbons (Fsp3) is 0.0769. The van der Waals surface area contributed by atoms with E-state index < -0.39 is 4.92 Å². The maximum atomic E-state index is 10.6. The fourth-order valence-corrected chi connectivity index (χ4v) is 2.77. The zero-order valence-electron chi connectivity index (χ0n) is 9.75. The van der Waals surface area contributed by atoms with Gasteiger partial charge >= 0.3 is 0 Å². The lowest BCUT2D eigenvalue weighted by Gasteiger charge is -2.04. The standard InChI is InChI=1S/C13H10ClNO3S/c14-13-6-10(15(17)18)5-4-9(13)8-19-12-3-1-2-11(16)7-12/h1-7,16H,8H2. The van der Waals surface area contributed by atoms with Gasteiger partial charge in [-0.25, -0.2) is 0 Å². The van der Waals surface area contributed by atoms with Crippen molar-refractivity contribution in [3.8, 4) is 5.75 Å². The number of hydrogen-bond acceptors (Lipinski definition) is 4. The lowest BCUT2D eigenvalue weighted by Crippen LogP contribution is -1.90. The van der Waals surface area contributed by atoms with Gasteiger partial charge in [-0.05, 0) is 29.8 Å². The molecule has 0 radical (unpaired) electrons. The average Bonchev–Trinajstić information content (AvgIpc) is 2.37. The minimum absolute atomic E-state index is 0.0175. The Labute approximate surface area is 119 Å². The molecule has 0 bridgehead atoms. The second-order valence-electron chi connectivity index (χ2n) is 3.82. The lowest BCUT2D eigenvalue weighted by atomic mass is 10.2. The molecule has 0 saturated heterocycles. The van der Waals surface area contributed by atoms with Gasteiger partial charge in [-0.1, -0.05) is 17.7 Å². The summed E-state index contributed by atoms with van der Waals surface area (Å²) in [5, 5.41) is 20.3. The van der Waals surface area contributed by atoms with Crippen LogP contribution in [-0.2, 0) is 5.75 Å². The predicted octanol–water partition coefficient (Wildman–Crippen LogP) is 4.25. The Morgan fingerprint density at radius 2 is 2.05 bits per heavy atom. The SMILES string of the molecule is O=[N+]([O-])c1ccc(CSc2cccc(O)c2)c(Cl)c1. The number of nitro benzene ring substituents is 1. The van der Waals surface area contributed by atoms with Crippen molar-refractivity contribution in [2.24, 2.45) is 0 Å². The van der Waals surface area contributed by atoms with Crippen LogP contribution in [0.15, 0.2) is 47.4 Å². The summed E-state index contributed by atoms with van der Waals surface area (Å²) in [4.78, 5) is 11.0. The Bertz CT molecular complexity index is 619. The fourth-order valence-electron chi connectivity index (χ4n) is 1.50. The molecule has 4 nitrogen and oxygen atoms in total. The molecule has 0 amide bonds. The maximum Gasteiger partial charge on any atom is 0.270 e. The Hall–Kier alpha value is -1.72. The van der Waals surface area contributed by atoms with E-state index in [1.54, 1.807) is 24.3 Å². The van der Waals surface area contributed by atoms with Crippen molar-refractivity contribution < 1.29 is 10.0 Å². The van der Waals surface area contributed by atoms with Crippen LogP contribution in [0.5, 0.6) is 5.75 Å². The van der Waals surface area contributed by atoms with Crippen LogP contribution in [0, 0.1) is 10.1 Å². The third-order valence-corrected chi connectivity index (χ3v) is 3.85. The Kier molecular flexibility index (Phi) is 4.29. The van der Waals surface area contributed by atoms with E-state index in [4.69, 9.17) is 11.6 Å². The molecule has 0 aromatic heterocycles. The quantitative estimate of drug-likeness (QED) is 0.520. The van der Waals surface area contributed by atoms with E-state index in [0.717, 1.165) is 10.5 Å². The van der Waals surface area contributed by atoms with Gasteiger partial charge in [-0.15, -0.1) is 11.8 Å². The summed E-state index contributed by atoms with van der Waals surface area (Å²) < 4.78 is 0. The van der Waals surface area contributed by atoms with E-state index in [2.05, 4.69) is 0 Å². The molecule has 0 aliphatic carbocycles. The summed E-state index contributed by atoms with van der Waals surface area (Å²) in [6.07, 6.45) is 0. The van der Waals surface area contributed by atoms with Crippen molar-refractivity contribution >= 4 is 29.1 Å². The minimum Gasteiger partial charge on any atom is -0.508 e. The Morgan fingerprint density at radius 3 is 2.68 bits per heavy atom. The minimum atomic E-state index is -0.474. The van der Waals surface area contributed by atoms with E-state index in [1.165, 1.54) is 23.9 Å². The molecule has 6 heteroatoms. The number of non-ortho nitro benzene ring substituents is 1. The summed E-state index contributed by atoms with van der Waals surface area (Å²) in [5.74, 6) is 0.792. The molecule has 0 fully saturated rings. The highest BCUT2D eigenvalue weighted by atomic mass is 35.5. The van der Waals surface area contributed by atoms with E-state index in [9.17, 15) is 15.2 Å². The molecule has 2 aromatic rings. The van der Waals surface area contributed by atoms with Gasteiger partial charge < -0.3 is 5.11 Å². The van der Waals surface area contributed by atoms with Gasteiger partial charge in [0, 0.05) is 22.8 Å². The largest absolute Gasteiger partial charge is 0.508 e. The molecule has 0 saturated carbocycles. The van der Waals surface area contributed by atoms with Crippen molar-refractivity contribution in [2.75, 3.05) is 0 Å². The lowest BCUT2D eigenvalue weighted by molar-refractivity contribution is -0.384. The van der Waals surface area contributed by atoms with Gasteiger partial charge in [0.05, 0.1) is 9.95 Å². The van der Waals surface area contributed by atoms with Crippen molar-refractivity contribution in [2.45, 2.75) is 10.6 Å². The van der Waals surface area contributed by atoms with E-state index in [-0.39, 0.29) is 11.4 Å². The molecular weight excluding hydrogens is 286 g/mol. The zero-order chi connectivity index (χ0) is 13.8. The first-order chi connectivity index (χ1) is 9.06. The molecule has 0 heterocycles. The normalized spacial score (nSPS) is 10.4. The third kappa shape index (κ3) is 3.62. The molecular formula is C13H10ClNO3S. The molecule has 0 unspecified atom stereocenters. The number of thioether (sulfide) groups is 1. The Balaban J connectivity index is 2.10. The molecule has 2 rings (SSSR count). The number of phenols is 1. The van der Waals surface area contributed by atoms with Crippen LogP contribution in [0.2, 0.25) is 5.02 Å². The topological polar surface area (TPSA) is 63.4 Å². The van der Waals surface area contributed by atoms with Crippen molar-refractivity contribution in [1.29, 1.82) is 0 Å². The van der Waals surface area contributed by atoms with Gasteiger partial charge in [0.2, 0.25) is 0 Å².